The van der Waals surface area contributed by atoms with Crippen LogP contribution < -0.4 is 15.5 Å². The number of amides is 1. The Labute approximate surface area is 125 Å². The summed E-state index contributed by atoms with van der Waals surface area (Å²) in [4.78, 5) is 13.3. The van der Waals surface area contributed by atoms with Gasteiger partial charge >= 0.3 is 0 Å². The Morgan fingerprint density at radius 1 is 1.45 bits per heavy atom. The van der Waals surface area contributed by atoms with Gasteiger partial charge < -0.3 is 15.5 Å². The maximum Gasteiger partial charge on any atom is 0.221 e. The van der Waals surface area contributed by atoms with Crippen LogP contribution in [0.5, 0.6) is 0 Å². The lowest BCUT2D eigenvalue weighted by atomic mass is 10.2. The molecule has 2 rings (SSSR count). The lowest BCUT2D eigenvalue weighted by molar-refractivity contribution is -0.120. The zero-order valence-electron chi connectivity index (χ0n) is 12.1. The van der Waals surface area contributed by atoms with Crippen molar-refractivity contribution in [3.8, 4) is 0 Å². The molecule has 4 nitrogen and oxygen atoms in total. The summed E-state index contributed by atoms with van der Waals surface area (Å²) < 4.78 is 0. The van der Waals surface area contributed by atoms with Gasteiger partial charge in [0.1, 0.15) is 0 Å². The van der Waals surface area contributed by atoms with Gasteiger partial charge in [-0.15, -0.1) is 0 Å². The second-order valence-electron chi connectivity index (χ2n) is 5.29. The van der Waals surface area contributed by atoms with Crippen molar-refractivity contribution in [2.24, 2.45) is 0 Å². The van der Waals surface area contributed by atoms with E-state index in [0.29, 0.717) is 19.0 Å². The van der Waals surface area contributed by atoms with Crippen LogP contribution in [0.1, 0.15) is 24.8 Å². The fraction of sp³-hybridized carbons (Fsp3) is 0.533. The number of nitrogens with zero attached hydrogens (tertiary/aromatic N) is 1. The van der Waals surface area contributed by atoms with Crippen molar-refractivity contribution in [2.75, 3.05) is 25.5 Å². The summed E-state index contributed by atoms with van der Waals surface area (Å²) in [6.45, 7) is 1.52. The highest BCUT2D eigenvalue weighted by Crippen LogP contribution is 2.27. The number of rotatable bonds is 7. The first-order chi connectivity index (χ1) is 9.60. The van der Waals surface area contributed by atoms with E-state index >= 15 is 0 Å². The van der Waals surface area contributed by atoms with Crippen molar-refractivity contribution < 1.29 is 4.79 Å². The minimum atomic E-state index is 0.0400. The molecule has 5 heteroatoms. The van der Waals surface area contributed by atoms with Gasteiger partial charge in [0.15, 0.2) is 0 Å². The topological polar surface area (TPSA) is 44.4 Å². The van der Waals surface area contributed by atoms with Crippen LogP contribution in [0.3, 0.4) is 0 Å². The largest absolute Gasteiger partial charge is 0.373 e. The Morgan fingerprint density at radius 2 is 2.20 bits per heavy atom. The molecule has 1 aliphatic rings. The fourth-order valence-corrected chi connectivity index (χ4v) is 2.38. The first kappa shape index (κ1) is 15.1. The SMILES string of the molecule is CNC(=O)CCN(C)c1ccc(CNC2CC2)cc1Cl. The molecule has 20 heavy (non-hydrogen) atoms. The van der Waals surface area contributed by atoms with E-state index in [1.807, 2.05) is 24.1 Å². The number of nitrogens with one attached hydrogen (secondary N) is 2. The molecule has 1 aromatic rings. The van der Waals surface area contributed by atoms with Gasteiger partial charge in [0, 0.05) is 39.6 Å². The molecule has 1 aliphatic carbocycles. The zero-order chi connectivity index (χ0) is 14.5. The summed E-state index contributed by atoms with van der Waals surface area (Å²) in [6.07, 6.45) is 3.04. The van der Waals surface area contributed by atoms with Crippen LogP contribution in [0.25, 0.3) is 0 Å². The number of carbonyl (C=O) groups is 1. The van der Waals surface area contributed by atoms with Gasteiger partial charge in [-0.3, -0.25) is 4.79 Å². The maximum absolute atomic E-state index is 11.3. The molecule has 0 heterocycles. The number of benzene rings is 1. The molecule has 110 valence electrons. The van der Waals surface area contributed by atoms with Crippen LogP contribution in [0.2, 0.25) is 5.02 Å². The molecular weight excluding hydrogens is 274 g/mol. The maximum atomic E-state index is 11.3. The van der Waals surface area contributed by atoms with Gasteiger partial charge in [0.2, 0.25) is 5.91 Å². The van der Waals surface area contributed by atoms with E-state index in [9.17, 15) is 4.79 Å². The van der Waals surface area contributed by atoms with E-state index in [1.165, 1.54) is 18.4 Å². The highest BCUT2D eigenvalue weighted by atomic mass is 35.5. The monoisotopic (exact) mass is 295 g/mol. The Hall–Kier alpha value is -1.26. The first-order valence-electron chi connectivity index (χ1n) is 7.03. The summed E-state index contributed by atoms with van der Waals surface area (Å²) in [5.41, 5.74) is 2.16. The predicted molar refractivity (Wildman–Crippen MR) is 83.3 cm³/mol. The minimum absolute atomic E-state index is 0.0400. The highest BCUT2D eigenvalue weighted by molar-refractivity contribution is 6.33. The van der Waals surface area contributed by atoms with Crippen LogP contribution in [0.15, 0.2) is 18.2 Å². The smallest absolute Gasteiger partial charge is 0.221 e. The summed E-state index contributed by atoms with van der Waals surface area (Å²) in [7, 11) is 3.60. The van der Waals surface area contributed by atoms with E-state index < -0.39 is 0 Å². The van der Waals surface area contributed by atoms with Gasteiger partial charge in [-0.05, 0) is 30.5 Å². The second-order valence-corrected chi connectivity index (χ2v) is 5.69. The van der Waals surface area contributed by atoms with Crippen molar-refractivity contribution in [3.05, 3.63) is 28.8 Å². The van der Waals surface area contributed by atoms with Crippen molar-refractivity contribution >= 4 is 23.2 Å². The third kappa shape index (κ3) is 4.39. The number of halogens is 1. The van der Waals surface area contributed by atoms with Crippen LogP contribution in [-0.4, -0.2) is 32.6 Å². The third-order valence-electron chi connectivity index (χ3n) is 3.55. The van der Waals surface area contributed by atoms with Crippen LogP contribution in [0.4, 0.5) is 5.69 Å². The van der Waals surface area contributed by atoms with Gasteiger partial charge in [-0.25, -0.2) is 0 Å². The molecule has 2 N–H and O–H groups in total. The van der Waals surface area contributed by atoms with E-state index in [1.54, 1.807) is 7.05 Å². The third-order valence-corrected chi connectivity index (χ3v) is 3.85. The van der Waals surface area contributed by atoms with Gasteiger partial charge in [-0.2, -0.15) is 0 Å². The molecule has 0 bridgehead atoms. The molecule has 0 atom stereocenters. The molecule has 0 unspecified atom stereocenters. The Balaban J connectivity index is 1.91. The molecule has 1 aromatic carbocycles. The van der Waals surface area contributed by atoms with E-state index in [2.05, 4.69) is 16.7 Å². The first-order valence-corrected chi connectivity index (χ1v) is 7.41. The lowest BCUT2D eigenvalue weighted by Crippen LogP contribution is -2.26. The number of carbonyl (C=O) groups excluding carboxylic acids is 1. The van der Waals surface area contributed by atoms with E-state index in [0.717, 1.165) is 17.3 Å². The molecule has 1 fully saturated rings. The number of hydrogen-bond donors (Lipinski definition) is 2. The molecule has 0 radical (unpaired) electrons. The molecular formula is C15H22ClN3O. The van der Waals surface area contributed by atoms with Gasteiger partial charge in [-0.1, -0.05) is 17.7 Å². The van der Waals surface area contributed by atoms with Crippen LogP contribution in [0, 0.1) is 0 Å². The normalized spacial score (nSPS) is 14.2. The summed E-state index contributed by atoms with van der Waals surface area (Å²) >= 11 is 6.33. The summed E-state index contributed by atoms with van der Waals surface area (Å²) in [5, 5.41) is 6.83. The van der Waals surface area contributed by atoms with E-state index in [4.69, 9.17) is 11.6 Å². The molecule has 0 spiro atoms. The quantitative estimate of drug-likeness (QED) is 0.810. The number of anilines is 1. The Morgan fingerprint density at radius 3 is 2.80 bits per heavy atom. The van der Waals surface area contributed by atoms with Crippen molar-refractivity contribution in [2.45, 2.75) is 31.8 Å². The number of hydrogen-bond acceptors (Lipinski definition) is 3. The molecule has 0 aliphatic heterocycles. The lowest BCUT2D eigenvalue weighted by Gasteiger charge is -2.20. The zero-order valence-corrected chi connectivity index (χ0v) is 12.8. The van der Waals surface area contributed by atoms with Crippen LogP contribution >= 0.6 is 11.6 Å². The summed E-state index contributed by atoms with van der Waals surface area (Å²) in [5.74, 6) is 0.0400. The fourth-order valence-electron chi connectivity index (χ4n) is 2.03. The van der Waals surface area contributed by atoms with Crippen molar-refractivity contribution in [1.29, 1.82) is 0 Å². The molecule has 1 saturated carbocycles. The van der Waals surface area contributed by atoms with Crippen LogP contribution in [-0.2, 0) is 11.3 Å². The predicted octanol–water partition coefficient (Wildman–Crippen LogP) is 2.16. The van der Waals surface area contributed by atoms with Gasteiger partial charge in [0.05, 0.1) is 10.7 Å². The minimum Gasteiger partial charge on any atom is -0.373 e. The average Bonchev–Trinajstić information content (AvgIpc) is 3.26. The Kier molecular flexibility index (Phi) is 5.26. The second kappa shape index (κ2) is 6.95. The molecule has 0 aromatic heterocycles. The van der Waals surface area contributed by atoms with Crippen molar-refractivity contribution in [3.63, 3.8) is 0 Å². The standard InChI is InChI=1S/C15H22ClN3O/c1-17-15(20)7-8-19(2)14-6-3-11(9-13(14)16)10-18-12-4-5-12/h3,6,9,12,18H,4-5,7-8,10H2,1-2H3,(H,17,20). The highest BCUT2D eigenvalue weighted by Gasteiger charge is 2.20. The molecule has 1 amide bonds. The summed E-state index contributed by atoms with van der Waals surface area (Å²) in [6, 6.07) is 6.81. The Bertz CT molecular complexity index is 474. The van der Waals surface area contributed by atoms with Gasteiger partial charge in [0.25, 0.3) is 0 Å². The van der Waals surface area contributed by atoms with Crippen molar-refractivity contribution in [1.82, 2.24) is 10.6 Å². The van der Waals surface area contributed by atoms with E-state index in [-0.39, 0.29) is 5.91 Å². The average molecular weight is 296 g/mol. The molecule has 0 saturated heterocycles.